The topological polar surface area (TPSA) is 0 Å². The summed E-state index contributed by atoms with van der Waals surface area (Å²) in [6.45, 7) is 0. The predicted octanol–water partition coefficient (Wildman–Crippen LogP) is 2.93. The molecule has 0 aromatic carbocycles. The van der Waals surface area contributed by atoms with Crippen molar-refractivity contribution in [1.29, 1.82) is 0 Å². The molecule has 0 N–H and O–H groups in total. The molecule has 0 saturated carbocycles. The van der Waals surface area contributed by atoms with Crippen LogP contribution in [0.3, 0.4) is 0 Å². The van der Waals surface area contributed by atoms with E-state index in [4.69, 9.17) is 0 Å². The molecular weight excluding hydrogens is 477 g/mol. The number of hydrogen-bond acceptors (Lipinski definition) is 0. The van der Waals surface area contributed by atoms with Crippen LogP contribution < -0.4 is 51.4 Å². The Balaban J connectivity index is 0. The van der Waals surface area contributed by atoms with Gasteiger partial charge in [-0.3, -0.25) is 0 Å². The van der Waals surface area contributed by atoms with Crippen molar-refractivity contribution in [2.24, 2.45) is 0 Å². The molecule has 27 heavy (non-hydrogen) atoms. The number of halogens is 18. The zero-order valence-corrected chi connectivity index (χ0v) is 14.9. The summed E-state index contributed by atoms with van der Waals surface area (Å²) in [5.41, 5.74) is 0. The zero-order valence-electron chi connectivity index (χ0n) is 11.8. The maximum Gasteiger partial charge on any atom is 1.00 e. The van der Waals surface area contributed by atoms with Gasteiger partial charge in [0.2, 0.25) is 0 Å². The molecule has 0 rings (SSSR count). The van der Waals surface area contributed by atoms with Gasteiger partial charge in [-0.25, -0.2) is 0 Å². The molecule has 0 atom stereocenters. The first kappa shape index (κ1) is 29.6. The Kier molecular flexibility index (Phi) is 7.95. The molecule has 0 aliphatic carbocycles. The van der Waals surface area contributed by atoms with Crippen LogP contribution in [0.1, 0.15) is 0 Å². The zero-order chi connectivity index (χ0) is 22.0. The van der Waals surface area contributed by atoms with Gasteiger partial charge >= 0.3 is 99.3 Å². The van der Waals surface area contributed by atoms with E-state index in [1.807, 2.05) is 0 Å². The van der Waals surface area contributed by atoms with Crippen LogP contribution in [0, 0.1) is 0 Å². The van der Waals surface area contributed by atoms with E-state index < -0.39 is 47.9 Å². The molecule has 0 saturated heterocycles. The maximum atomic E-state index is 12.8. The Morgan fingerprint density at radius 3 is 0.444 bits per heavy atom. The minimum absolute atomic E-state index is 0. The second-order valence-corrected chi connectivity index (χ2v) is 4.44. The molecule has 0 aromatic heterocycles. The summed E-state index contributed by atoms with van der Waals surface area (Å²) in [5.74, 6) is -51.0. The molecule has 0 aliphatic heterocycles. The Morgan fingerprint density at radius 1 is 0.222 bits per heavy atom. The van der Waals surface area contributed by atoms with E-state index in [1.165, 1.54) is 0 Å². The smallest absolute Gasteiger partial charge is 0.192 e. The maximum absolute atomic E-state index is 12.8. The quantitative estimate of drug-likeness (QED) is 0.423. The van der Waals surface area contributed by atoms with E-state index in [0.717, 1.165) is 0 Å². The minimum atomic E-state index is -8.72. The molecular formula is C8F18K+. The van der Waals surface area contributed by atoms with Gasteiger partial charge in [-0.05, 0) is 0 Å². The van der Waals surface area contributed by atoms with Gasteiger partial charge in [0.25, 0.3) is 0 Å². The number of alkyl halides is 18. The fraction of sp³-hybridized carbons (Fsp3) is 1.00. The van der Waals surface area contributed by atoms with Gasteiger partial charge < -0.3 is 0 Å². The third-order valence-corrected chi connectivity index (χ3v) is 2.68. The van der Waals surface area contributed by atoms with Crippen molar-refractivity contribution in [2.45, 2.75) is 47.9 Å². The van der Waals surface area contributed by atoms with Gasteiger partial charge in [-0.2, -0.15) is 79.0 Å². The molecule has 0 fully saturated rings. The van der Waals surface area contributed by atoms with Crippen molar-refractivity contribution in [1.82, 2.24) is 0 Å². The third-order valence-electron chi connectivity index (χ3n) is 2.68. The van der Waals surface area contributed by atoms with Crippen LogP contribution >= 0.6 is 0 Å². The van der Waals surface area contributed by atoms with Crippen molar-refractivity contribution < 1.29 is 130 Å². The van der Waals surface area contributed by atoms with Crippen molar-refractivity contribution >= 4 is 0 Å². The molecule has 0 bridgehead atoms. The molecule has 0 unspecified atom stereocenters. The third kappa shape index (κ3) is 3.90. The van der Waals surface area contributed by atoms with E-state index in [1.54, 1.807) is 0 Å². The van der Waals surface area contributed by atoms with Crippen LogP contribution in [-0.2, 0) is 0 Å². The molecule has 19 heteroatoms. The minimum Gasteiger partial charge on any atom is -0.192 e. The van der Waals surface area contributed by atoms with Crippen molar-refractivity contribution in [3.63, 3.8) is 0 Å². The van der Waals surface area contributed by atoms with E-state index in [-0.39, 0.29) is 51.4 Å². The molecule has 0 aliphatic rings. The fourth-order valence-corrected chi connectivity index (χ4v) is 1.14. The van der Waals surface area contributed by atoms with Gasteiger partial charge in [-0.1, -0.05) is 0 Å². The van der Waals surface area contributed by atoms with Gasteiger partial charge in [-0.15, -0.1) is 0 Å². The first-order chi connectivity index (χ1) is 10.8. The molecule has 0 heterocycles. The van der Waals surface area contributed by atoms with Crippen LogP contribution in [-0.4, -0.2) is 47.9 Å². The SMILES string of the molecule is FC(F)(F)C(F)(F)C(F)(F)C(F)(F)C(F)(F)C(F)(F)C(F)(F)C(F)(F)F.[K+]. The summed E-state index contributed by atoms with van der Waals surface area (Å²) in [7, 11) is 0. The first-order valence-corrected chi connectivity index (χ1v) is 5.15. The second kappa shape index (κ2) is 7.26. The van der Waals surface area contributed by atoms with Crippen molar-refractivity contribution in [2.75, 3.05) is 0 Å². The van der Waals surface area contributed by atoms with Crippen molar-refractivity contribution in [3.8, 4) is 0 Å². The van der Waals surface area contributed by atoms with E-state index in [0.29, 0.717) is 0 Å². The predicted molar refractivity (Wildman–Crippen MR) is 41.8 cm³/mol. The summed E-state index contributed by atoms with van der Waals surface area (Å²) in [6.07, 6.45) is -15.6. The van der Waals surface area contributed by atoms with E-state index in [9.17, 15) is 79.0 Å². The average Bonchev–Trinajstić information content (AvgIpc) is 2.34. The summed E-state index contributed by atoms with van der Waals surface area (Å²) >= 11 is 0. The molecule has 158 valence electrons. The number of rotatable bonds is 5. The monoisotopic (exact) mass is 477 g/mol. The van der Waals surface area contributed by atoms with Crippen LogP contribution in [0.2, 0.25) is 0 Å². The Bertz CT molecular complexity index is 474. The van der Waals surface area contributed by atoms with Gasteiger partial charge in [0, 0.05) is 0 Å². The van der Waals surface area contributed by atoms with Crippen LogP contribution in [0.15, 0.2) is 0 Å². The Labute approximate surface area is 177 Å². The van der Waals surface area contributed by atoms with Crippen LogP contribution in [0.25, 0.3) is 0 Å². The molecule has 0 nitrogen and oxygen atoms in total. The standard InChI is InChI=1S/C8F18.K/c9-1(10,3(13,14)5(17,18)7(21,22)23)2(11,12)4(15,16)6(19,20)8(24,25)26;/q;+1. The Morgan fingerprint density at radius 2 is 0.333 bits per heavy atom. The van der Waals surface area contributed by atoms with Crippen LogP contribution in [0.5, 0.6) is 0 Å². The summed E-state index contributed by atoms with van der Waals surface area (Å²) in [4.78, 5) is 0. The van der Waals surface area contributed by atoms with Crippen molar-refractivity contribution in [3.05, 3.63) is 0 Å². The Hall–Kier alpha value is 0.376. The number of hydrogen-bond donors (Lipinski definition) is 0. The molecule has 0 amide bonds. The largest absolute Gasteiger partial charge is 1.00 e. The van der Waals surface area contributed by atoms with E-state index in [2.05, 4.69) is 0 Å². The molecule has 0 radical (unpaired) electrons. The molecule has 0 spiro atoms. The fourth-order valence-electron chi connectivity index (χ4n) is 1.14. The summed E-state index contributed by atoms with van der Waals surface area (Å²) in [6, 6.07) is 0. The normalized spacial score (nSPS) is 16.2. The average molecular weight is 477 g/mol. The second-order valence-electron chi connectivity index (χ2n) is 4.44. The van der Waals surface area contributed by atoms with Gasteiger partial charge in [0.05, 0.1) is 0 Å². The summed E-state index contributed by atoms with van der Waals surface area (Å²) in [5, 5.41) is 0. The first-order valence-electron chi connectivity index (χ1n) is 5.15. The summed E-state index contributed by atoms with van der Waals surface area (Å²) < 4.78 is 221. The van der Waals surface area contributed by atoms with Crippen LogP contribution in [0.4, 0.5) is 79.0 Å². The van der Waals surface area contributed by atoms with Gasteiger partial charge in [0.1, 0.15) is 0 Å². The van der Waals surface area contributed by atoms with Gasteiger partial charge in [0.15, 0.2) is 0 Å². The molecule has 0 aromatic rings. The van der Waals surface area contributed by atoms with E-state index >= 15 is 0 Å².